The molecule has 0 amide bonds. The van der Waals surface area contributed by atoms with Gasteiger partial charge in [-0.3, -0.25) is 9.52 Å². The lowest BCUT2D eigenvalue weighted by molar-refractivity contribution is 0.403. The van der Waals surface area contributed by atoms with E-state index in [-0.39, 0.29) is 16.2 Å². The highest BCUT2D eigenvalue weighted by atomic mass is 32.2. The largest absolute Gasteiger partial charge is 0.495 e. The predicted molar refractivity (Wildman–Crippen MR) is 94.1 cm³/mol. The number of ether oxygens (including phenoxy) is 1. The molecule has 25 heavy (non-hydrogen) atoms. The predicted octanol–water partition coefficient (Wildman–Crippen LogP) is 2.25. The van der Waals surface area contributed by atoms with E-state index in [1.807, 2.05) is 0 Å². The van der Waals surface area contributed by atoms with Crippen molar-refractivity contribution in [2.24, 2.45) is 0 Å². The summed E-state index contributed by atoms with van der Waals surface area (Å²) in [6.45, 7) is 0. The zero-order chi connectivity index (χ0) is 17.9. The van der Waals surface area contributed by atoms with Crippen molar-refractivity contribution in [2.75, 3.05) is 11.8 Å². The van der Waals surface area contributed by atoms with Crippen molar-refractivity contribution in [1.29, 1.82) is 0 Å². The summed E-state index contributed by atoms with van der Waals surface area (Å²) in [6, 6.07) is 16.1. The van der Waals surface area contributed by atoms with Crippen LogP contribution in [0.25, 0.3) is 11.3 Å². The zero-order valence-corrected chi connectivity index (χ0v) is 14.1. The molecule has 1 aromatic heterocycles. The second-order valence-corrected chi connectivity index (χ2v) is 6.79. The van der Waals surface area contributed by atoms with Gasteiger partial charge in [0.15, 0.2) is 0 Å². The maximum atomic E-state index is 12.7. The Morgan fingerprint density at radius 3 is 2.44 bits per heavy atom. The van der Waals surface area contributed by atoms with E-state index < -0.39 is 10.0 Å². The summed E-state index contributed by atoms with van der Waals surface area (Å²) in [4.78, 5) is 11.1. The van der Waals surface area contributed by atoms with Crippen LogP contribution in [0.4, 0.5) is 5.69 Å². The fourth-order valence-electron chi connectivity index (χ4n) is 2.27. The van der Waals surface area contributed by atoms with Crippen molar-refractivity contribution in [1.82, 2.24) is 10.2 Å². The number of nitrogens with zero attached hydrogens (tertiary/aromatic N) is 1. The first-order chi connectivity index (χ1) is 12.0. The SMILES string of the molecule is COc1ccc(-c2ccc(=O)[nH]n2)cc1S(=O)(=O)Nc1ccccc1. The fourth-order valence-corrected chi connectivity index (χ4v) is 3.52. The Hall–Kier alpha value is -3.13. The molecule has 0 aliphatic carbocycles. The highest BCUT2D eigenvalue weighted by molar-refractivity contribution is 7.92. The number of methoxy groups -OCH3 is 1. The smallest absolute Gasteiger partial charge is 0.265 e. The number of H-pyrrole nitrogens is 1. The van der Waals surface area contributed by atoms with Crippen LogP contribution in [0, 0.1) is 0 Å². The van der Waals surface area contributed by atoms with Gasteiger partial charge in [-0.2, -0.15) is 5.10 Å². The van der Waals surface area contributed by atoms with E-state index >= 15 is 0 Å². The molecule has 0 radical (unpaired) electrons. The molecule has 0 saturated heterocycles. The van der Waals surface area contributed by atoms with Crippen LogP contribution in [0.3, 0.4) is 0 Å². The molecule has 128 valence electrons. The number of hydrogen-bond donors (Lipinski definition) is 2. The van der Waals surface area contributed by atoms with Gasteiger partial charge < -0.3 is 4.74 Å². The van der Waals surface area contributed by atoms with Crippen LogP contribution in [0.1, 0.15) is 0 Å². The van der Waals surface area contributed by atoms with Crippen LogP contribution in [0.5, 0.6) is 5.75 Å². The van der Waals surface area contributed by atoms with Gasteiger partial charge in [0.05, 0.1) is 12.8 Å². The van der Waals surface area contributed by atoms with Crippen molar-refractivity contribution >= 4 is 15.7 Å². The molecular weight excluding hydrogens is 342 g/mol. The van der Waals surface area contributed by atoms with E-state index in [1.165, 1.54) is 25.3 Å². The van der Waals surface area contributed by atoms with Crippen LogP contribution in [0.15, 0.2) is 70.4 Å². The molecule has 0 fully saturated rings. The quantitative estimate of drug-likeness (QED) is 0.729. The lowest BCUT2D eigenvalue weighted by Crippen LogP contribution is -2.14. The number of rotatable bonds is 5. The van der Waals surface area contributed by atoms with Gasteiger partial charge in [0.1, 0.15) is 10.6 Å². The van der Waals surface area contributed by atoms with Gasteiger partial charge in [-0.05, 0) is 36.4 Å². The van der Waals surface area contributed by atoms with E-state index in [1.54, 1.807) is 42.5 Å². The molecule has 3 aromatic rings. The highest BCUT2D eigenvalue weighted by Gasteiger charge is 2.21. The molecule has 3 rings (SSSR count). The van der Waals surface area contributed by atoms with Gasteiger partial charge in [-0.25, -0.2) is 13.5 Å². The van der Waals surface area contributed by atoms with Gasteiger partial charge in [0.2, 0.25) is 0 Å². The molecule has 7 nitrogen and oxygen atoms in total. The third-order valence-corrected chi connectivity index (χ3v) is 4.86. The van der Waals surface area contributed by atoms with Gasteiger partial charge >= 0.3 is 0 Å². The molecule has 1 heterocycles. The number of nitrogens with one attached hydrogen (secondary N) is 2. The molecule has 8 heteroatoms. The molecule has 2 aromatic carbocycles. The third-order valence-electron chi connectivity index (χ3n) is 3.45. The fraction of sp³-hybridized carbons (Fsp3) is 0.0588. The average Bonchev–Trinajstić information content (AvgIpc) is 2.62. The average molecular weight is 357 g/mol. The number of sulfonamides is 1. The number of anilines is 1. The van der Waals surface area contributed by atoms with Crippen LogP contribution in [0.2, 0.25) is 0 Å². The number of hydrogen-bond acceptors (Lipinski definition) is 5. The van der Waals surface area contributed by atoms with E-state index in [0.717, 1.165) is 0 Å². The van der Waals surface area contributed by atoms with Crippen molar-refractivity contribution < 1.29 is 13.2 Å². The Balaban J connectivity index is 2.06. The summed E-state index contributed by atoms with van der Waals surface area (Å²) >= 11 is 0. The molecule has 0 atom stereocenters. The molecule has 0 spiro atoms. The summed E-state index contributed by atoms with van der Waals surface area (Å²) in [5.74, 6) is 0.205. The van der Waals surface area contributed by atoms with Gasteiger partial charge in [0.25, 0.3) is 15.6 Å². The van der Waals surface area contributed by atoms with Gasteiger partial charge in [-0.1, -0.05) is 18.2 Å². The Morgan fingerprint density at radius 1 is 1.04 bits per heavy atom. The zero-order valence-electron chi connectivity index (χ0n) is 13.3. The first kappa shape index (κ1) is 16.7. The monoisotopic (exact) mass is 357 g/mol. The lowest BCUT2D eigenvalue weighted by Gasteiger charge is -2.13. The molecule has 2 N–H and O–H groups in total. The minimum Gasteiger partial charge on any atom is -0.495 e. The lowest BCUT2D eigenvalue weighted by atomic mass is 10.1. The Morgan fingerprint density at radius 2 is 1.80 bits per heavy atom. The Labute approximate surface area is 144 Å². The Kier molecular flexibility index (Phi) is 4.53. The van der Waals surface area contributed by atoms with E-state index in [0.29, 0.717) is 16.9 Å². The van der Waals surface area contributed by atoms with Gasteiger partial charge in [-0.15, -0.1) is 0 Å². The highest BCUT2D eigenvalue weighted by Crippen LogP contribution is 2.30. The molecular formula is C17H15N3O4S. The number of aromatic amines is 1. The maximum absolute atomic E-state index is 12.7. The summed E-state index contributed by atoms with van der Waals surface area (Å²) in [5.41, 5.74) is 1.08. The van der Waals surface area contributed by atoms with E-state index in [9.17, 15) is 13.2 Å². The van der Waals surface area contributed by atoms with Crippen molar-refractivity contribution in [3.63, 3.8) is 0 Å². The topological polar surface area (TPSA) is 101 Å². The van der Waals surface area contributed by atoms with Gasteiger partial charge in [0, 0.05) is 17.3 Å². The van der Waals surface area contributed by atoms with Crippen molar-refractivity contribution in [3.05, 3.63) is 71.0 Å². The maximum Gasteiger partial charge on any atom is 0.265 e. The molecule has 0 bridgehead atoms. The van der Waals surface area contributed by atoms with E-state index in [2.05, 4.69) is 14.9 Å². The molecule has 0 unspecified atom stereocenters. The number of benzene rings is 2. The first-order valence-electron chi connectivity index (χ1n) is 7.31. The molecule has 0 aliphatic rings. The van der Waals surface area contributed by atoms with Crippen molar-refractivity contribution in [3.8, 4) is 17.0 Å². The second kappa shape index (κ2) is 6.78. The second-order valence-electron chi connectivity index (χ2n) is 5.14. The van der Waals surface area contributed by atoms with Crippen LogP contribution >= 0.6 is 0 Å². The normalized spacial score (nSPS) is 11.1. The van der Waals surface area contributed by atoms with Crippen molar-refractivity contribution in [2.45, 2.75) is 4.90 Å². The number of para-hydroxylation sites is 1. The minimum absolute atomic E-state index is 0.0237. The number of aromatic nitrogens is 2. The van der Waals surface area contributed by atoms with E-state index in [4.69, 9.17) is 4.74 Å². The summed E-state index contributed by atoms with van der Waals surface area (Å²) in [6.07, 6.45) is 0. The van der Waals surface area contributed by atoms with Crippen LogP contribution in [-0.2, 0) is 10.0 Å². The molecule has 0 saturated carbocycles. The first-order valence-corrected chi connectivity index (χ1v) is 8.80. The van der Waals surface area contributed by atoms with Crippen LogP contribution in [-0.4, -0.2) is 25.7 Å². The summed E-state index contributed by atoms with van der Waals surface area (Å²) in [7, 11) is -2.47. The third kappa shape index (κ3) is 3.69. The summed E-state index contributed by atoms with van der Waals surface area (Å²) in [5, 5.41) is 6.24. The minimum atomic E-state index is -3.87. The molecule has 0 aliphatic heterocycles. The van der Waals surface area contributed by atoms with Crippen LogP contribution < -0.4 is 15.0 Å². The Bertz CT molecular complexity index is 1030. The summed E-state index contributed by atoms with van der Waals surface area (Å²) < 4.78 is 33.2. The standard InChI is InChI=1S/C17H15N3O4S/c1-24-15-9-7-12(14-8-10-17(21)19-18-14)11-16(15)25(22,23)20-13-5-3-2-4-6-13/h2-11,20H,1H3,(H,19,21).